The normalized spacial score (nSPS) is 14.8. The number of aromatic nitrogens is 1. The van der Waals surface area contributed by atoms with Crippen LogP contribution < -0.4 is 5.32 Å². The first-order valence-corrected chi connectivity index (χ1v) is 5.78. The van der Waals surface area contributed by atoms with Crippen molar-refractivity contribution in [3.05, 3.63) is 35.5 Å². The van der Waals surface area contributed by atoms with Gasteiger partial charge >= 0.3 is 0 Å². The summed E-state index contributed by atoms with van der Waals surface area (Å²) in [5, 5.41) is 7.69. The highest BCUT2D eigenvalue weighted by Gasteiger charge is 2.18. The number of benzene rings is 1. The minimum absolute atomic E-state index is 0.0207. The van der Waals surface area contributed by atoms with Gasteiger partial charge < -0.3 is 14.7 Å². The van der Waals surface area contributed by atoms with Gasteiger partial charge in [0.2, 0.25) is 0 Å². The molecule has 1 aliphatic rings. The molecule has 3 rings (SSSR count). The molecule has 92 valence electrons. The zero-order valence-corrected chi connectivity index (χ0v) is 10.0. The standard InChI is InChI=1S/C13H13N3O2/c1-18-15-7-9-8-16-6-5-14-13(17)11-4-2-3-10(9)12(11)16/h2-4,7-8H,5-6H2,1H3,(H,14,17)/b15-7-. The van der Waals surface area contributed by atoms with Crippen LogP contribution in [0.15, 0.2) is 29.6 Å². The van der Waals surface area contributed by atoms with Crippen molar-refractivity contribution in [1.29, 1.82) is 0 Å². The minimum Gasteiger partial charge on any atom is -0.399 e. The predicted octanol–water partition coefficient (Wildman–Crippen LogP) is 1.36. The van der Waals surface area contributed by atoms with Crippen LogP contribution in [-0.4, -0.2) is 30.3 Å². The summed E-state index contributed by atoms with van der Waals surface area (Å²) in [4.78, 5) is 16.6. The van der Waals surface area contributed by atoms with Crippen LogP contribution in [0.4, 0.5) is 0 Å². The molecule has 5 heteroatoms. The van der Waals surface area contributed by atoms with Gasteiger partial charge in [0.25, 0.3) is 5.91 Å². The number of para-hydroxylation sites is 1. The van der Waals surface area contributed by atoms with Gasteiger partial charge in [0.05, 0.1) is 17.3 Å². The number of rotatable bonds is 2. The summed E-state index contributed by atoms with van der Waals surface area (Å²) in [5.41, 5.74) is 2.63. The van der Waals surface area contributed by atoms with Crippen molar-refractivity contribution in [3.63, 3.8) is 0 Å². The Hall–Kier alpha value is -2.30. The largest absolute Gasteiger partial charge is 0.399 e. The van der Waals surface area contributed by atoms with E-state index >= 15 is 0 Å². The SMILES string of the molecule is CO/N=C\c1cn2c3c(cccc13)C(=O)NCC2. The van der Waals surface area contributed by atoms with E-state index in [1.165, 1.54) is 7.11 Å². The van der Waals surface area contributed by atoms with Gasteiger partial charge in [-0.15, -0.1) is 0 Å². The molecule has 0 saturated carbocycles. The summed E-state index contributed by atoms with van der Waals surface area (Å²) in [5.74, 6) is -0.0207. The lowest BCUT2D eigenvalue weighted by molar-refractivity contribution is 0.0956. The molecule has 1 aromatic carbocycles. The number of hydrogen-bond donors (Lipinski definition) is 1. The second-order valence-electron chi connectivity index (χ2n) is 4.15. The minimum atomic E-state index is -0.0207. The summed E-state index contributed by atoms with van der Waals surface area (Å²) >= 11 is 0. The van der Waals surface area contributed by atoms with E-state index in [1.807, 2.05) is 24.4 Å². The lowest BCUT2D eigenvalue weighted by Gasteiger charge is -2.01. The van der Waals surface area contributed by atoms with E-state index in [9.17, 15) is 4.79 Å². The molecule has 5 nitrogen and oxygen atoms in total. The Morgan fingerprint density at radius 2 is 2.39 bits per heavy atom. The van der Waals surface area contributed by atoms with Crippen molar-refractivity contribution in [3.8, 4) is 0 Å². The molecule has 1 aromatic heterocycles. The van der Waals surface area contributed by atoms with Crippen molar-refractivity contribution < 1.29 is 9.63 Å². The Kier molecular flexibility index (Phi) is 2.51. The summed E-state index contributed by atoms with van der Waals surface area (Å²) in [6.07, 6.45) is 3.67. The van der Waals surface area contributed by atoms with E-state index in [2.05, 4.69) is 15.0 Å². The van der Waals surface area contributed by atoms with Gasteiger partial charge in [-0.05, 0) is 6.07 Å². The van der Waals surface area contributed by atoms with Gasteiger partial charge in [0, 0.05) is 30.2 Å². The zero-order valence-electron chi connectivity index (χ0n) is 10.0. The third kappa shape index (κ3) is 1.55. The van der Waals surface area contributed by atoms with E-state index in [0.717, 1.165) is 23.0 Å². The lowest BCUT2D eigenvalue weighted by atomic mass is 10.1. The van der Waals surface area contributed by atoms with E-state index < -0.39 is 0 Å². The Morgan fingerprint density at radius 1 is 1.50 bits per heavy atom. The number of nitrogens with one attached hydrogen (secondary N) is 1. The van der Waals surface area contributed by atoms with Gasteiger partial charge in [0.15, 0.2) is 0 Å². The molecule has 1 N–H and O–H groups in total. The molecule has 0 bridgehead atoms. The molecule has 0 radical (unpaired) electrons. The Balaban J connectivity index is 2.29. The number of hydrogen-bond acceptors (Lipinski definition) is 3. The van der Waals surface area contributed by atoms with Crippen LogP contribution in [0, 0.1) is 0 Å². The van der Waals surface area contributed by atoms with Crippen molar-refractivity contribution in [2.75, 3.05) is 13.7 Å². The third-order valence-corrected chi connectivity index (χ3v) is 3.11. The summed E-state index contributed by atoms with van der Waals surface area (Å²) in [6.45, 7) is 1.40. The molecular formula is C13H13N3O2. The van der Waals surface area contributed by atoms with Gasteiger partial charge in [-0.2, -0.15) is 0 Å². The molecule has 0 atom stereocenters. The second kappa shape index (κ2) is 4.18. The van der Waals surface area contributed by atoms with E-state index in [1.54, 1.807) is 6.21 Å². The number of carbonyl (C=O) groups excluding carboxylic acids is 1. The van der Waals surface area contributed by atoms with Gasteiger partial charge in [-0.25, -0.2) is 0 Å². The highest BCUT2D eigenvalue weighted by molar-refractivity contribution is 6.10. The van der Waals surface area contributed by atoms with Crippen LogP contribution in [0.5, 0.6) is 0 Å². The second-order valence-corrected chi connectivity index (χ2v) is 4.15. The maximum absolute atomic E-state index is 11.9. The van der Waals surface area contributed by atoms with E-state index in [-0.39, 0.29) is 5.91 Å². The number of carbonyl (C=O) groups is 1. The van der Waals surface area contributed by atoms with Crippen molar-refractivity contribution in [2.45, 2.75) is 6.54 Å². The number of oxime groups is 1. The quantitative estimate of drug-likeness (QED) is 0.639. The molecule has 1 amide bonds. The summed E-state index contributed by atoms with van der Waals surface area (Å²) in [7, 11) is 1.51. The van der Waals surface area contributed by atoms with Gasteiger partial charge in [-0.3, -0.25) is 4.79 Å². The Morgan fingerprint density at radius 3 is 3.22 bits per heavy atom. The molecule has 1 aliphatic heterocycles. The highest BCUT2D eigenvalue weighted by Crippen LogP contribution is 2.25. The molecule has 0 aliphatic carbocycles. The zero-order chi connectivity index (χ0) is 12.5. The molecule has 0 unspecified atom stereocenters. The number of nitrogens with zero attached hydrogens (tertiary/aromatic N) is 2. The first-order chi connectivity index (χ1) is 8.81. The Bertz CT molecular complexity index is 643. The highest BCUT2D eigenvalue weighted by atomic mass is 16.6. The number of amides is 1. The fourth-order valence-electron chi connectivity index (χ4n) is 2.34. The van der Waals surface area contributed by atoms with Crippen LogP contribution in [0.2, 0.25) is 0 Å². The lowest BCUT2D eigenvalue weighted by Crippen LogP contribution is -2.24. The van der Waals surface area contributed by atoms with Gasteiger partial charge in [0.1, 0.15) is 7.11 Å². The molecule has 0 fully saturated rings. The molecule has 18 heavy (non-hydrogen) atoms. The van der Waals surface area contributed by atoms with Crippen LogP contribution >= 0.6 is 0 Å². The average molecular weight is 243 g/mol. The summed E-state index contributed by atoms with van der Waals surface area (Å²) in [6, 6.07) is 5.72. The smallest absolute Gasteiger partial charge is 0.253 e. The topological polar surface area (TPSA) is 55.6 Å². The molecule has 0 spiro atoms. The Labute approximate surface area is 104 Å². The van der Waals surface area contributed by atoms with Crippen molar-refractivity contribution >= 4 is 23.0 Å². The molecule has 2 heterocycles. The fourth-order valence-corrected chi connectivity index (χ4v) is 2.34. The van der Waals surface area contributed by atoms with E-state index in [0.29, 0.717) is 12.1 Å². The first kappa shape index (κ1) is 10.8. The maximum Gasteiger partial charge on any atom is 0.253 e. The maximum atomic E-state index is 11.9. The van der Waals surface area contributed by atoms with Crippen LogP contribution in [0.3, 0.4) is 0 Å². The monoisotopic (exact) mass is 243 g/mol. The van der Waals surface area contributed by atoms with E-state index in [4.69, 9.17) is 4.84 Å². The average Bonchev–Trinajstić information content (AvgIpc) is 2.66. The molecular weight excluding hydrogens is 230 g/mol. The van der Waals surface area contributed by atoms with Crippen LogP contribution in [-0.2, 0) is 11.4 Å². The van der Waals surface area contributed by atoms with Crippen LogP contribution in [0.1, 0.15) is 15.9 Å². The summed E-state index contributed by atoms with van der Waals surface area (Å²) < 4.78 is 2.08. The predicted molar refractivity (Wildman–Crippen MR) is 68.9 cm³/mol. The molecule has 2 aromatic rings. The van der Waals surface area contributed by atoms with Crippen molar-refractivity contribution in [2.24, 2.45) is 5.16 Å². The van der Waals surface area contributed by atoms with Gasteiger partial charge in [-0.1, -0.05) is 17.3 Å². The fraction of sp³-hybridized carbons (Fsp3) is 0.231. The third-order valence-electron chi connectivity index (χ3n) is 3.11. The van der Waals surface area contributed by atoms with Crippen molar-refractivity contribution in [1.82, 2.24) is 9.88 Å². The first-order valence-electron chi connectivity index (χ1n) is 5.78. The van der Waals surface area contributed by atoms with Crippen LogP contribution in [0.25, 0.3) is 10.9 Å². The molecule has 0 saturated heterocycles.